The van der Waals surface area contributed by atoms with Crippen LogP contribution in [-0.4, -0.2) is 357 Å². The molecule has 0 aliphatic carbocycles. The van der Waals surface area contributed by atoms with E-state index < -0.39 is 248 Å². The van der Waals surface area contributed by atoms with E-state index >= 15 is 0 Å². The molecule has 19 N–H and O–H groups in total. The van der Waals surface area contributed by atoms with Gasteiger partial charge >= 0.3 is 0 Å². The van der Waals surface area contributed by atoms with Crippen molar-refractivity contribution in [3.8, 4) is 0 Å². The van der Waals surface area contributed by atoms with E-state index in [1.165, 1.54) is 0 Å². The topological polar surface area (TPSA) is 514 Å². The zero-order chi connectivity index (χ0) is 55.5. The molecule has 15 fully saturated rings. The molecule has 0 unspecified atom stereocenters. The van der Waals surface area contributed by atoms with Crippen molar-refractivity contribution in [3.05, 3.63) is 0 Å². The largest absolute Gasteiger partial charge is 0.394 e. The quantitative estimate of drug-likeness (QED) is 0.114. The first kappa shape index (κ1) is 61.0. The van der Waals surface area contributed by atoms with Gasteiger partial charge in [0.25, 0.3) is 0 Å². The molecule has 15 aliphatic rings. The number of fused-ring (bicyclic) bond motifs is 3. The summed E-state index contributed by atoms with van der Waals surface area (Å²) in [6.45, 7) is -4.97. The maximum atomic E-state index is 11.8. The average Bonchev–Trinajstić information content (AvgIpc) is 3.46. The monoisotopic (exact) mass is 1160 g/mol. The van der Waals surface area contributed by atoms with Crippen LogP contribution in [-0.2, 0) is 66.3 Å². The van der Waals surface area contributed by atoms with Crippen LogP contribution in [0.15, 0.2) is 0 Å². The predicted octanol–water partition coefficient (Wildman–Crippen LogP) is -12.8. The summed E-state index contributed by atoms with van der Waals surface area (Å²) < 4.78 is 82.3. The second kappa shape index (κ2) is 25.7. The Labute approximate surface area is 443 Å². The van der Waals surface area contributed by atoms with E-state index in [1.54, 1.807) is 0 Å². The van der Waals surface area contributed by atoms with Crippen LogP contribution in [0.3, 0.4) is 0 Å². The SMILES string of the molecule is OC[C@H]1O[C@@H]2O[C@H]3[C@H](O)[C@@H](O)[C@@H](O[C@H]4[C@H](O)[C@@H](O)[C@@H]5O[C@H]6[C@H](O)[C@@H](O)[C@@H](O[C@H]7[C@H](O)[C@@H](O)[C@@H](O[C@H]8[C@H](O)[C@@H](O)[C@@H](O[C@H]9[C@H](O)[C@@H](O)[C@H](O[C@H]1[C@H](O)[C@H]2O)O[C@@H]9CSSC[C@H]4O5)O[C@@H]8CO)O[C@@H]7CO)O[C@@H]6CO)O[C@@H]3CO. The molecule has 35 atom stereocenters. The summed E-state index contributed by atoms with van der Waals surface area (Å²) in [5.74, 6) is -0.652. The van der Waals surface area contributed by atoms with Gasteiger partial charge in [-0.15, -0.1) is 0 Å². The van der Waals surface area contributed by atoms with Gasteiger partial charge in [-0.05, 0) is 0 Å². The Bertz CT molecular complexity index is 1870. The first-order valence-corrected chi connectivity index (χ1v) is 27.2. The standard InChI is InChI=1S/C42H68O33S2/c43-1-8-29-15(48)22(55)36(62-8)70-30-9(2-44)65-39(25(58)18(30)51)74-34-13-6-76-77-7-14-35(20(53)27(60)41(67-14)72-32-11(4-46)63-37(69-29)23(56)16(32)49)75-40-26(59)19(52)31(10(3-45)66-40)71-38-24(57)17(50)33(12(5-47)64-38)73-42(68-13)28(61)21(34)54/h8-61H,1-7H2/t8-,9-,10-,11-,12-,13-,14-,15-,16-,17-,18-,19-,20-,21-,22-,23-,24-,25-,26-,27-,28-,29-,30-,31-,32-,33-,34-,35-,36-,37-,38-,39-,40-,41+,42+/m1/s1. The Morgan fingerprint density at radius 1 is 0.221 bits per heavy atom. The molecule has 0 aromatic rings. The lowest BCUT2D eigenvalue weighted by Gasteiger charge is -2.50. The molecule has 0 aromatic carbocycles. The van der Waals surface area contributed by atoms with Gasteiger partial charge in [-0.25, -0.2) is 0 Å². The molecular formula is C42H68O33S2. The number of hydrogen-bond acceptors (Lipinski definition) is 35. The lowest BCUT2D eigenvalue weighted by molar-refractivity contribution is -0.395. The van der Waals surface area contributed by atoms with E-state index in [0.717, 1.165) is 21.6 Å². The van der Waals surface area contributed by atoms with Crippen LogP contribution in [0.5, 0.6) is 0 Å². The van der Waals surface area contributed by atoms with Crippen LogP contribution >= 0.6 is 21.6 Å². The van der Waals surface area contributed by atoms with Crippen LogP contribution in [0.25, 0.3) is 0 Å². The van der Waals surface area contributed by atoms with Crippen LogP contribution < -0.4 is 0 Å². The van der Waals surface area contributed by atoms with Gasteiger partial charge < -0.3 is 163 Å². The molecule has 0 spiro atoms. The van der Waals surface area contributed by atoms with Crippen molar-refractivity contribution < 1.29 is 163 Å². The molecule has 15 heterocycles. The zero-order valence-corrected chi connectivity index (χ0v) is 41.8. The maximum absolute atomic E-state index is 11.8. The fourth-order valence-electron chi connectivity index (χ4n) is 10.6. The van der Waals surface area contributed by atoms with Gasteiger partial charge in [0.2, 0.25) is 0 Å². The molecule has 15 saturated heterocycles. The van der Waals surface area contributed by atoms with Crippen molar-refractivity contribution in [3.63, 3.8) is 0 Å². The van der Waals surface area contributed by atoms with E-state index in [2.05, 4.69) is 0 Å². The van der Waals surface area contributed by atoms with Gasteiger partial charge in [-0.2, -0.15) is 0 Å². The Hall–Kier alpha value is -0.620. The molecule has 15 rings (SSSR count). The van der Waals surface area contributed by atoms with Gasteiger partial charge in [0.15, 0.2) is 44.0 Å². The zero-order valence-electron chi connectivity index (χ0n) is 40.2. The summed E-state index contributed by atoms with van der Waals surface area (Å²) in [5, 5.41) is 213. The second-order valence-corrected chi connectivity index (χ2v) is 22.4. The summed E-state index contributed by atoms with van der Waals surface area (Å²) in [6.07, 6.45) is -67.7. The third-order valence-electron chi connectivity index (χ3n) is 15.0. The van der Waals surface area contributed by atoms with Gasteiger partial charge in [0.1, 0.15) is 159 Å². The normalized spacial score (nSPS) is 56.2. The first-order chi connectivity index (χ1) is 36.7. The maximum Gasteiger partial charge on any atom is 0.187 e. The minimum absolute atomic E-state index is 0.321. The van der Waals surface area contributed by atoms with E-state index in [9.17, 15) is 97.0 Å². The van der Waals surface area contributed by atoms with Crippen molar-refractivity contribution in [1.82, 2.24) is 0 Å². The molecule has 0 saturated carbocycles. The molecule has 15 aliphatic heterocycles. The molecule has 33 nitrogen and oxygen atoms in total. The molecular weight excluding hydrogens is 1100 g/mol. The minimum Gasteiger partial charge on any atom is -0.394 e. The Kier molecular flexibility index (Phi) is 20.3. The first-order valence-electron chi connectivity index (χ1n) is 24.7. The third-order valence-corrected chi connectivity index (χ3v) is 17.4. The number of hydrogen-bond donors (Lipinski definition) is 19. The summed E-state index contributed by atoms with van der Waals surface area (Å²) >= 11 is 0. The second-order valence-electron chi connectivity index (χ2n) is 19.9. The third kappa shape index (κ3) is 11.9. The van der Waals surface area contributed by atoms with Gasteiger partial charge in [-0.1, -0.05) is 21.6 Å². The number of aliphatic hydroxyl groups excluding tert-OH is 19. The van der Waals surface area contributed by atoms with Crippen molar-refractivity contribution in [2.75, 3.05) is 44.5 Å². The van der Waals surface area contributed by atoms with Crippen molar-refractivity contribution >= 4 is 21.6 Å². The molecule has 0 amide bonds. The summed E-state index contributed by atoms with van der Waals surface area (Å²) in [7, 11) is 1.81. The number of ether oxygens (including phenoxy) is 14. The molecule has 35 heteroatoms. The fraction of sp³-hybridized carbons (Fsp3) is 1.00. The van der Waals surface area contributed by atoms with Crippen LogP contribution in [0.2, 0.25) is 0 Å². The summed E-state index contributed by atoms with van der Waals surface area (Å²) in [5.41, 5.74) is 0. The molecule has 77 heavy (non-hydrogen) atoms. The van der Waals surface area contributed by atoms with Gasteiger partial charge in [0.05, 0.1) is 45.2 Å². The Morgan fingerprint density at radius 3 is 0.584 bits per heavy atom. The fourth-order valence-corrected chi connectivity index (χ4v) is 13.0. The van der Waals surface area contributed by atoms with Crippen LogP contribution in [0, 0.1) is 0 Å². The highest BCUT2D eigenvalue weighted by molar-refractivity contribution is 8.76. The van der Waals surface area contributed by atoms with Gasteiger partial charge in [0, 0.05) is 11.5 Å². The highest BCUT2D eigenvalue weighted by Gasteiger charge is 2.59. The number of aliphatic hydroxyl groups is 19. The number of rotatable bonds is 5. The van der Waals surface area contributed by atoms with E-state index in [1.807, 2.05) is 0 Å². The highest BCUT2D eigenvalue weighted by atomic mass is 33.1. The lowest BCUT2D eigenvalue weighted by Crippen LogP contribution is -2.68. The molecule has 0 radical (unpaired) electrons. The average molecular weight is 1170 g/mol. The van der Waals surface area contributed by atoms with Crippen LogP contribution in [0.1, 0.15) is 0 Å². The van der Waals surface area contributed by atoms with E-state index in [-0.39, 0.29) is 11.5 Å². The lowest BCUT2D eigenvalue weighted by atomic mass is 9.95. The van der Waals surface area contributed by atoms with Crippen molar-refractivity contribution in [2.45, 2.75) is 215 Å². The van der Waals surface area contributed by atoms with Crippen LogP contribution in [0.4, 0.5) is 0 Å². The summed E-state index contributed by atoms with van der Waals surface area (Å²) in [4.78, 5) is 0. The Balaban J connectivity index is 1.09. The molecule has 446 valence electrons. The molecule has 0 aromatic heterocycles. The van der Waals surface area contributed by atoms with Crippen molar-refractivity contribution in [2.24, 2.45) is 0 Å². The van der Waals surface area contributed by atoms with E-state index in [0.29, 0.717) is 0 Å². The minimum atomic E-state index is -2.17. The van der Waals surface area contributed by atoms with Crippen molar-refractivity contribution in [1.29, 1.82) is 0 Å². The predicted molar refractivity (Wildman–Crippen MR) is 239 cm³/mol. The highest BCUT2D eigenvalue weighted by Crippen LogP contribution is 2.41. The summed E-state index contributed by atoms with van der Waals surface area (Å²) in [6, 6.07) is 0. The molecule has 14 bridgehead atoms. The van der Waals surface area contributed by atoms with E-state index in [4.69, 9.17) is 66.3 Å². The van der Waals surface area contributed by atoms with Gasteiger partial charge in [-0.3, -0.25) is 0 Å². The smallest absolute Gasteiger partial charge is 0.187 e. The Morgan fingerprint density at radius 2 is 0.390 bits per heavy atom.